The maximum Gasteiger partial charge on any atom is 0 e. The molecule has 0 saturated heterocycles. The second-order valence-corrected chi connectivity index (χ2v) is 0.385. The Kier molecular flexibility index (Phi) is 43.7. The summed E-state index contributed by atoms with van der Waals surface area (Å²) in [6, 6.07) is 0. The van der Waals surface area contributed by atoms with Crippen LogP contribution in [0.4, 0.5) is 0 Å². The summed E-state index contributed by atoms with van der Waals surface area (Å²) in [7, 11) is 0. The first-order chi connectivity index (χ1) is 1.91. The second kappa shape index (κ2) is 16.6. The minimum absolute atomic E-state index is 0. The van der Waals surface area contributed by atoms with Gasteiger partial charge in [-0.3, -0.25) is 0 Å². The zero-order valence-corrected chi connectivity index (χ0v) is 7.85. The van der Waals surface area contributed by atoms with Gasteiger partial charge in [0.05, 0.1) is 0 Å². The Bertz CT molecular complexity index is 28.5. The molecule has 1 unspecified atom stereocenters. The van der Waals surface area contributed by atoms with Crippen LogP contribution in [0.1, 0.15) is 0 Å². The number of allylic oxidation sites excluding steroid dienone is 2. The Labute approximate surface area is 67.6 Å². The molecule has 0 aliphatic rings. The van der Waals surface area contributed by atoms with E-state index in [2.05, 4.69) is 0 Å². The molecule has 0 aromatic rings. The normalized spacial score (nSPS) is 3.33. The van der Waals surface area contributed by atoms with Crippen molar-refractivity contribution in [2.45, 2.75) is 0 Å². The van der Waals surface area contributed by atoms with Crippen LogP contribution in [0.2, 0.25) is 0 Å². The summed E-state index contributed by atoms with van der Waals surface area (Å²) < 4.78 is 0. The van der Waals surface area contributed by atoms with Crippen LogP contribution < -0.4 is 0 Å². The predicted octanol–water partition coefficient (Wildman–Crippen LogP) is 1.02. The maximum atomic E-state index is 4.72. The fourth-order valence-electron chi connectivity index (χ4n) is 0. The van der Waals surface area contributed by atoms with Crippen molar-refractivity contribution < 1.29 is 32.7 Å². The van der Waals surface area contributed by atoms with Crippen molar-refractivity contribution >= 4 is 9.90 Å². The molecule has 0 N–H and O–H groups in total. The Morgan fingerprint density at radius 3 is 1.17 bits per heavy atom. The first-order valence-electron chi connectivity index (χ1n) is 1.00. The smallest absolute Gasteiger partial charge is 0 e. The second-order valence-electron chi connectivity index (χ2n) is 0.385. The third-order valence-electron chi connectivity index (χ3n) is 0.111. The van der Waals surface area contributed by atoms with Gasteiger partial charge in [-0.15, -0.1) is 0 Å². The van der Waals surface area contributed by atoms with E-state index in [0.29, 0.717) is 0 Å². The Balaban J connectivity index is -0.0000000450. The average molecular weight is 175 g/mol. The van der Waals surface area contributed by atoms with E-state index in [9.17, 15) is 0 Å². The van der Waals surface area contributed by atoms with E-state index in [-0.39, 0.29) is 42.6 Å². The first kappa shape index (κ1) is 15.7. The van der Waals surface area contributed by atoms with Gasteiger partial charge in [-0.25, -0.2) is 0 Å². The molecule has 0 bridgehead atoms. The van der Waals surface area contributed by atoms with Crippen LogP contribution in [-0.4, -0.2) is 0 Å². The number of hydrogen-bond acceptors (Lipinski definition) is 0. The minimum atomic E-state index is 0. The molecule has 1 radical (unpaired) electrons. The predicted molar refractivity (Wildman–Crippen MR) is 28.8 cm³/mol. The molecule has 0 aliphatic heterocycles. The molecule has 6 heavy (non-hydrogen) atoms. The first-order valence-corrected chi connectivity index (χ1v) is 1.00. The van der Waals surface area contributed by atoms with Gasteiger partial charge in [0.25, 0.3) is 0 Å². The molecule has 0 amide bonds. The average Bonchev–Trinajstić information content (AvgIpc) is 1.37. The molecule has 2 heteroatoms. The molecule has 33 valence electrons. The minimum Gasteiger partial charge on any atom is -0.394 e. The van der Waals surface area contributed by atoms with Gasteiger partial charge in [0.15, 0.2) is 0 Å². The fourth-order valence-corrected chi connectivity index (χ4v) is 0. The molecule has 0 rings (SSSR count). The molecule has 0 spiro atoms. The van der Waals surface area contributed by atoms with Crippen LogP contribution >= 0.6 is 9.90 Å². The quantitative estimate of drug-likeness (QED) is 0.317. The van der Waals surface area contributed by atoms with Crippen LogP contribution in [0.3, 0.4) is 0 Å². The van der Waals surface area contributed by atoms with Crippen molar-refractivity contribution in [2.24, 2.45) is 0 Å². The van der Waals surface area contributed by atoms with E-state index in [1.807, 2.05) is 0 Å². The van der Waals surface area contributed by atoms with Gasteiger partial charge < -0.3 is 25.3 Å². The zero-order valence-electron chi connectivity index (χ0n) is 3.59. The van der Waals surface area contributed by atoms with Gasteiger partial charge in [-0.05, 0) is 0 Å². The molecule has 0 fully saturated rings. The van der Waals surface area contributed by atoms with E-state index in [0.717, 1.165) is 0 Å². The summed E-state index contributed by atoms with van der Waals surface area (Å²) in [6.45, 7) is 9.44. The van der Waals surface area contributed by atoms with Crippen LogP contribution in [-0.2, 0) is 32.7 Å². The van der Waals surface area contributed by atoms with Crippen molar-refractivity contribution in [2.75, 3.05) is 0 Å². The van der Waals surface area contributed by atoms with Crippen LogP contribution in [0, 0.1) is 13.2 Å². The Hall–Kier alpha value is 1.01. The van der Waals surface area contributed by atoms with Gasteiger partial charge in [0, 0.05) is 32.7 Å². The fraction of sp³-hybridized carbons (Fsp3) is 0. The van der Waals surface area contributed by atoms with E-state index in [1.165, 1.54) is 12.2 Å². The summed E-state index contributed by atoms with van der Waals surface area (Å²) in [6.07, 6.45) is 2.56. The third kappa shape index (κ3) is 19.9. The Morgan fingerprint density at radius 1 is 1.00 bits per heavy atom. The van der Waals surface area contributed by atoms with E-state index >= 15 is 0 Å². The van der Waals surface area contributed by atoms with E-state index in [1.54, 1.807) is 0 Å². The standard InChI is InChI=1S/C4H4.H3P.Y/c1-3-4-2;;/h1-4H;1H3;/q-2;;. The van der Waals surface area contributed by atoms with Gasteiger partial charge in [-0.1, -0.05) is 0 Å². The third-order valence-corrected chi connectivity index (χ3v) is 0.111. The summed E-state index contributed by atoms with van der Waals surface area (Å²) in [4.78, 5) is 0. The molecule has 0 aromatic heterocycles. The van der Waals surface area contributed by atoms with Crippen molar-refractivity contribution in [3.63, 3.8) is 0 Å². The zero-order chi connectivity index (χ0) is 3.41. The summed E-state index contributed by atoms with van der Waals surface area (Å²) >= 11 is 0. The topological polar surface area (TPSA) is 0 Å². The summed E-state index contributed by atoms with van der Waals surface area (Å²) in [5.74, 6) is 0. The molecule has 1 atom stereocenters. The van der Waals surface area contributed by atoms with Crippen molar-refractivity contribution in [3.05, 3.63) is 25.3 Å². The van der Waals surface area contributed by atoms with Gasteiger partial charge in [-0.2, -0.15) is 9.90 Å². The monoisotopic (exact) mass is 175 g/mol. The van der Waals surface area contributed by atoms with Crippen molar-refractivity contribution in [1.29, 1.82) is 0 Å². The van der Waals surface area contributed by atoms with E-state index in [4.69, 9.17) is 13.2 Å². The van der Waals surface area contributed by atoms with Crippen LogP contribution in [0.15, 0.2) is 12.2 Å². The van der Waals surface area contributed by atoms with Gasteiger partial charge in [0.1, 0.15) is 0 Å². The largest absolute Gasteiger partial charge is 0.394 e. The molecule has 0 nitrogen and oxygen atoms in total. The summed E-state index contributed by atoms with van der Waals surface area (Å²) in [5.41, 5.74) is 0. The molecule has 0 aromatic carbocycles. The Morgan fingerprint density at radius 2 is 1.17 bits per heavy atom. The molecule has 0 heterocycles. The molecule has 0 saturated carbocycles. The summed E-state index contributed by atoms with van der Waals surface area (Å²) in [5, 5.41) is 0. The number of hydrogen-bond donors (Lipinski definition) is 0. The molecular weight excluding hydrogens is 168 g/mol. The van der Waals surface area contributed by atoms with Gasteiger partial charge in [0.2, 0.25) is 0 Å². The molecular formula is C4H7PY-2. The van der Waals surface area contributed by atoms with Crippen LogP contribution in [0.5, 0.6) is 0 Å². The van der Waals surface area contributed by atoms with Gasteiger partial charge >= 0.3 is 0 Å². The maximum absolute atomic E-state index is 4.72. The molecule has 0 aliphatic carbocycles. The SMILES string of the molecule is P.[CH-]=CC=[CH-].[Y]. The van der Waals surface area contributed by atoms with Crippen molar-refractivity contribution in [3.8, 4) is 0 Å². The van der Waals surface area contributed by atoms with Crippen LogP contribution in [0.25, 0.3) is 0 Å². The van der Waals surface area contributed by atoms with Crippen molar-refractivity contribution in [1.82, 2.24) is 0 Å². The van der Waals surface area contributed by atoms with E-state index < -0.39 is 0 Å². The number of rotatable bonds is 1.